The van der Waals surface area contributed by atoms with Gasteiger partial charge in [-0.25, -0.2) is 0 Å². The molecule has 4 rings (SSSR count). The highest BCUT2D eigenvalue weighted by atomic mass is 16.5. The molecule has 2 aromatic rings. The summed E-state index contributed by atoms with van der Waals surface area (Å²) in [6, 6.07) is 7.89. The van der Waals surface area contributed by atoms with E-state index < -0.39 is 0 Å². The number of nitrogens with zero attached hydrogens (tertiary/aromatic N) is 4. The molecule has 2 atom stereocenters. The van der Waals surface area contributed by atoms with E-state index in [4.69, 9.17) is 4.74 Å². The number of carbonyl (C=O) groups excluding carboxylic acids is 1. The molecule has 0 spiro atoms. The highest BCUT2D eigenvalue weighted by Gasteiger charge is 2.33. The van der Waals surface area contributed by atoms with Gasteiger partial charge in [-0.3, -0.25) is 4.79 Å². The molecule has 0 saturated carbocycles. The number of tetrazole rings is 1. The fourth-order valence-electron chi connectivity index (χ4n) is 3.68. The second kappa shape index (κ2) is 6.68. The molecule has 0 aliphatic carbocycles. The summed E-state index contributed by atoms with van der Waals surface area (Å²) in [7, 11) is 0. The van der Waals surface area contributed by atoms with Crippen molar-refractivity contribution in [2.75, 3.05) is 19.8 Å². The Balaban J connectivity index is 1.55. The van der Waals surface area contributed by atoms with Crippen LogP contribution in [0.15, 0.2) is 24.3 Å². The number of nitrogens with one attached hydrogen (secondary N) is 1. The van der Waals surface area contributed by atoms with Gasteiger partial charge in [0.2, 0.25) is 0 Å². The maximum Gasteiger partial charge on any atom is 0.254 e. The van der Waals surface area contributed by atoms with Crippen LogP contribution in [0.5, 0.6) is 0 Å². The highest BCUT2D eigenvalue weighted by molar-refractivity contribution is 5.94. The zero-order valence-electron chi connectivity index (χ0n) is 13.5. The molecular formula is C17H21N5O2. The van der Waals surface area contributed by atoms with E-state index >= 15 is 0 Å². The fourth-order valence-corrected chi connectivity index (χ4v) is 3.68. The average Bonchev–Trinajstić information content (AvgIpc) is 3.33. The Morgan fingerprint density at radius 2 is 2.25 bits per heavy atom. The molecule has 126 valence electrons. The van der Waals surface area contributed by atoms with Crippen molar-refractivity contribution < 1.29 is 9.53 Å². The van der Waals surface area contributed by atoms with Crippen molar-refractivity contribution in [1.82, 2.24) is 25.5 Å². The lowest BCUT2D eigenvalue weighted by atomic mass is 9.92. The first-order chi connectivity index (χ1) is 11.8. The van der Waals surface area contributed by atoms with Gasteiger partial charge in [-0.2, -0.15) is 5.21 Å². The van der Waals surface area contributed by atoms with Crippen LogP contribution in [0.25, 0.3) is 0 Å². The number of likely N-dealkylation sites (tertiary alicyclic amines) is 1. The van der Waals surface area contributed by atoms with Crippen molar-refractivity contribution in [3.05, 3.63) is 41.2 Å². The summed E-state index contributed by atoms with van der Waals surface area (Å²) >= 11 is 0. The van der Waals surface area contributed by atoms with Crippen LogP contribution in [0, 0.1) is 0 Å². The predicted octanol–water partition coefficient (Wildman–Crippen LogP) is 2.07. The van der Waals surface area contributed by atoms with E-state index in [9.17, 15) is 4.79 Å². The smallest absolute Gasteiger partial charge is 0.254 e. The minimum Gasteiger partial charge on any atom is -0.381 e. The van der Waals surface area contributed by atoms with Gasteiger partial charge in [-0.05, 0) is 43.4 Å². The standard InChI is InChI=1S/C17H21N5O2/c23-17(22-8-2-7-15(22)16-18-20-21-19-16)13-5-1-4-12(10-13)14-6-3-9-24-11-14/h1,4-5,10,14-15H,2-3,6-9,11H2,(H,18,19,20,21). The Morgan fingerprint density at radius 1 is 1.29 bits per heavy atom. The highest BCUT2D eigenvalue weighted by Crippen LogP contribution is 2.32. The SMILES string of the molecule is O=C(c1cccc(C2CCCOC2)c1)N1CCCC1c1nn[nH]n1. The number of amides is 1. The number of ether oxygens (including phenoxy) is 1. The normalized spacial score (nSPS) is 24.2. The van der Waals surface area contributed by atoms with Crippen molar-refractivity contribution in [2.45, 2.75) is 37.6 Å². The molecule has 7 nitrogen and oxygen atoms in total. The summed E-state index contributed by atoms with van der Waals surface area (Å²) in [6.45, 7) is 2.32. The number of benzene rings is 1. The van der Waals surface area contributed by atoms with Gasteiger partial charge in [0.15, 0.2) is 5.82 Å². The lowest BCUT2D eigenvalue weighted by Gasteiger charge is -2.25. The first kappa shape index (κ1) is 15.3. The second-order valence-corrected chi connectivity index (χ2v) is 6.47. The zero-order chi connectivity index (χ0) is 16.4. The molecule has 1 aromatic carbocycles. The molecule has 24 heavy (non-hydrogen) atoms. The Hall–Kier alpha value is -2.28. The molecule has 2 saturated heterocycles. The monoisotopic (exact) mass is 327 g/mol. The molecule has 3 heterocycles. The van der Waals surface area contributed by atoms with E-state index in [0.717, 1.165) is 51.0 Å². The quantitative estimate of drug-likeness (QED) is 0.933. The van der Waals surface area contributed by atoms with Crippen molar-refractivity contribution >= 4 is 5.91 Å². The second-order valence-electron chi connectivity index (χ2n) is 6.47. The zero-order valence-corrected chi connectivity index (χ0v) is 13.5. The minimum atomic E-state index is -0.0853. The number of carbonyl (C=O) groups is 1. The number of aromatic nitrogens is 4. The largest absolute Gasteiger partial charge is 0.381 e. The van der Waals surface area contributed by atoms with Crippen LogP contribution >= 0.6 is 0 Å². The summed E-state index contributed by atoms with van der Waals surface area (Å²) in [6.07, 6.45) is 4.03. The van der Waals surface area contributed by atoms with Crippen LogP contribution in [0.4, 0.5) is 0 Å². The van der Waals surface area contributed by atoms with E-state index in [2.05, 4.69) is 26.7 Å². The molecular weight excluding hydrogens is 306 g/mol. The van der Waals surface area contributed by atoms with Crippen LogP contribution < -0.4 is 0 Å². The van der Waals surface area contributed by atoms with Gasteiger partial charge in [0.1, 0.15) is 0 Å². The van der Waals surface area contributed by atoms with Crippen LogP contribution in [0.3, 0.4) is 0 Å². The van der Waals surface area contributed by atoms with E-state index in [1.807, 2.05) is 23.1 Å². The number of rotatable bonds is 3. The maximum atomic E-state index is 13.0. The Morgan fingerprint density at radius 3 is 3.04 bits per heavy atom. The summed E-state index contributed by atoms with van der Waals surface area (Å²) in [5.41, 5.74) is 1.92. The lowest BCUT2D eigenvalue weighted by molar-refractivity contribution is 0.0727. The Bertz CT molecular complexity index is 697. The molecule has 1 aromatic heterocycles. The summed E-state index contributed by atoms with van der Waals surface area (Å²) < 4.78 is 5.58. The van der Waals surface area contributed by atoms with Crippen molar-refractivity contribution in [3.8, 4) is 0 Å². The fraction of sp³-hybridized carbons (Fsp3) is 0.529. The lowest BCUT2D eigenvalue weighted by Crippen LogP contribution is -2.31. The van der Waals surface area contributed by atoms with E-state index in [-0.39, 0.29) is 11.9 Å². The van der Waals surface area contributed by atoms with Gasteiger partial charge in [0.05, 0.1) is 12.6 Å². The molecule has 0 bridgehead atoms. The van der Waals surface area contributed by atoms with Crippen LogP contribution in [0.1, 0.15) is 59.4 Å². The third kappa shape index (κ3) is 2.91. The molecule has 0 radical (unpaired) electrons. The van der Waals surface area contributed by atoms with Gasteiger partial charge in [0, 0.05) is 24.6 Å². The first-order valence-electron chi connectivity index (χ1n) is 8.55. The first-order valence-corrected chi connectivity index (χ1v) is 8.55. The molecule has 2 aliphatic heterocycles. The van der Waals surface area contributed by atoms with E-state index in [1.165, 1.54) is 5.56 Å². The molecule has 1 amide bonds. The Labute approximate surface area is 140 Å². The van der Waals surface area contributed by atoms with Gasteiger partial charge >= 0.3 is 0 Å². The number of hydrogen-bond acceptors (Lipinski definition) is 5. The summed E-state index contributed by atoms with van der Waals surface area (Å²) in [5.74, 6) is 1.02. The van der Waals surface area contributed by atoms with Gasteiger partial charge in [0.25, 0.3) is 5.91 Å². The van der Waals surface area contributed by atoms with Crippen LogP contribution in [-0.2, 0) is 4.74 Å². The van der Waals surface area contributed by atoms with E-state index in [0.29, 0.717) is 11.7 Å². The van der Waals surface area contributed by atoms with E-state index in [1.54, 1.807) is 0 Å². The van der Waals surface area contributed by atoms with Crippen molar-refractivity contribution in [1.29, 1.82) is 0 Å². The topological polar surface area (TPSA) is 84.0 Å². The number of hydrogen-bond donors (Lipinski definition) is 1. The van der Waals surface area contributed by atoms with Crippen molar-refractivity contribution in [3.63, 3.8) is 0 Å². The van der Waals surface area contributed by atoms with Gasteiger partial charge in [-0.1, -0.05) is 17.3 Å². The minimum absolute atomic E-state index is 0.0425. The number of H-pyrrole nitrogens is 1. The Kier molecular flexibility index (Phi) is 4.25. The molecule has 1 N–H and O–H groups in total. The summed E-state index contributed by atoms with van der Waals surface area (Å²) in [5, 5.41) is 14.2. The molecule has 2 unspecified atom stereocenters. The molecule has 7 heteroatoms. The molecule has 2 aliphatic rings. The third-order valence-electron chi connectivity index (χ3n) is 4.94. The van der Waals surface area contributed by atoms with Gasteiger partial charge < -0.3 is 9.64 Å². The summed E-state index contributed by atoms with van der Waals surface area (Å²) in [4.78, 5) is 14.9. The molecule has 2 fully saturated rings. The van der Waals surface area contributed by atoms with Gasteiger partial charge in [-0.15, -0.1) is 10.2 Å². The maximum absolute atomic E-state index is 13.0. The van der Waals surface area contributed by atoms with Crippen LogP contribution in [-0.4, -0.2) is 51.2 Å². The third-order valence-corrected chi connectivity index (χ3v) is 4.94. The van der Waals surface area contributed by atoms with Crippen LogP contribution in [0.2, 0.25) is 0 Å². The predicted molar refractivity (Wildman–Crippen MR) is 86.4 cm³/mol. The van der Waals surface area contributed by atoms with Crippen molar-refractivity contribution in [2.24, 2.45) is 0 Å². The number of aromatic amines is 1. The average molecular weight is 327 g/mol.